The number of carbonyl (C=O) groups is 1. The van der Waals surface area contributed by atoms with Crippen LogP contribution in [0, 0.1) is 17.0 Å². The molecule has 0 saturated heterocycles. The van der Waals surface area contributed by atoms with Gasteiger partial charge in [0, 0.05) is 31.9 Å². The van der Waals surface area contributed by atoms with Crippen molar-refractivity contribution in [3.8, 4) is 5.69 Å². The number of nitro groups is 1. The van der Waals surface area contributed by atoms with E-state index in [1.54, 1.807) is 36.3 Å². The molecule has 0 spiro atoms. The molecule has 0 atom stereocenters. The van der Waals surface area contributed by atoms with E-state index in [1.807, 2.05) is 31.2 Å². The van der Waals surface area contributed by atoms with Gasteiger partial charge in [-0.05, 0) is 30.2 Å². The van der Waals surface area contributed by atoms with Crippen LogP contribution in [0.25, 0.3) is 5.69 Å². The number of amides is 1. The molecule has 0 N–H and O–H groups in total. The second-order valence-corrected chi connectivity index (χ2v) is 6.01. The molecule has 3 rings (SSSR count). The predicted octanol–water partition coefficient (Wildman–Crippen LogP) is 3.36. The molecule has 1 amide bonds. The smallest absolute Gasteiger partial charge is 0.274 e. The molecule has 1 heterocycles. The van der Waals surface area contributed by atoms with Gasteiger partial charge in [0.2, 0.25) is 0 Å². The Morgan fingerprint density at radius 1 is 1.19 bits per heavy atom. The van der Waals surface area contributed by atoms with Crippen LogP contribution in [0.5, 0.6) is 0 Å². The van der Waals surface area contributed by atoms with E-state index in [-0.39, 0.29) is 17.3 Å². The highest BCUT2D eigenvalue weighted by molar-refractivity contribution is 5.92. The van der Waals surface area contributed by atoms with Gasteiger partial charge in [0.05, 0.1) is 10.6 Å². The number of carbonyl (C=O) groups excluding carboxylic acids is 1. The molecule has 26 heavy (non-hydrogen) atoms. The van der Waals surface area contributed by atoms with Crippen molar-refractivity contribution in [3.63, 3.8) is 0 Å². The molecule has 0 radical (unpaired) electrons. The van der Waals surface area contributed by atoms with Gasteiger partial charge in [-0.1, -0.05) is 30.3 Å². The van der Waals surface area contributed by atoms with Crippen LogP contribution < -0.4 is 0 Å². The van der Waals surface area contributed by atoms with E-state index in [4.69, 9.17) is 0 Å². The van der Waals surface area contributed by atoms with Gasteiger partial charge in [-0.25, -0.2) is 4.68 Å². The van der Waals surface area contributed by atoms with E-state index in [0.29, 0.717) is 12.2 Å². The zero-order valence-corrected chi connectivity index (χ0v) is 14.5. The van der Waals surface area contributed by atoms with Crippen LogP contribution in [0.1, 0.15) is 21.6 Å². The third-order valence-corrected chi connectivity index (χ3v) is 4.13. The maximum absolute atomic E-state index is 12.6. The molecule has 0 fully saturated rings. The minimum Gasteiger partial charge on any atom is -0.336 e. The van der Waals surface area contributed by atoms with E-state index >= 15 is 0 Å². The lowest BCUT2D eigenvalue weighted by molar-refractivity contribution is -0.384. The molecule has 3 aromatic rings. The maximum Gasteiger partial charge on any atom is 0.274 e. The Bertz CT molecular complexity index is 965. The summed E-state index contributed by atoms with van der Waals surface area (Å²) in [6.45, 7) is 2.49. The molecule has 7 nitrogen and oxygen atoms in total. The van der Waals surface area contributed by atoms with E-state index < -0.39 is 4.92 Å². The Morgan fingerprint density at radius 3 is 2.69 bits per heavy atom. The average molecular weight is 350 g/mol. The lowest BCUT2D eigenvalue weighted by atomic mass is 10.1. The number of nitro benzene ring substituents is 1. The Morgan fingerprint density at radius 2 is 1.96 bits per heavy atom. The Balaban J connectivity index is 1.78. The fourth-order valence-electron chi connectivity index (χ4n) is 2.64. The predicted molar refractivity (Wildman–Crippen MR) is 97.2 cm³/mol. The van der Waals surface area contributed by atoms with Gasteiger partial charge in [-0.3, -0.25) is 14.9 Å². The Hall–Kier alpha value is -3.48. The van der Waals surface area contributed by atoms with E-state index in [0.717, 1.165) is 11.1 Å². The summed E-state index contributed by atoms with van der Waals surface area (Å²) < 4.78 is 1.46. The average Bonchev–Trinajstić information content (AvgIpc) is 3.13. The molecular formula is C19H18N4O3. The summed E-state index contributed by atoms with van der Waals surface area (Å²) >= 11 is 0. The number of nitrogens with zero attached hydrogens (tertiary/aromatic N) is 4. The van der Waals surface area contributed by atoms with Gasteiger partial charge in [-0.2, -0.15) is 5.10 Å². The van der Waals surface area contributed by atoms with Crippen molar-refractivity contribution in [2.45, 2.75) is 13.5 Å². The van der Waals surface area contributed by atoms with E-state index in [9.17, 15) is 14.9 Å². The molecule has 1 aromatic heterocycles. The third kappa shape index (κ3) is 3.61. The lowest BCUT2D eigenvalue weighted by Gasteiger charge is -2.17. The molecular weight excluding hydrogens is 332 g/mol. The van der Waals surface area contributed by atoms with Gasteiger partial charge < -0.3 is 4.90 Å². The van der Waals surface area contributed by atoms with Crippen molar-refractivity contribution in [2.75, 3.05) is 7.05 Å². The summed E-state index contributed by atoms with van der Waals surface area (Å²) in [5.74, 6) is -0.211. The number of hydrogen-bond acceptors (Lipinski definition) is 4. The van der Waals surface area contributed by atoms with Gasteiger partial charge >= 0.3 is 0 Å². The van der Waals surface area contributed by atoms with E-state index in [2.05, 4.69) is 5.10 Å². The normalized spacial score (nSPS) is 10.5. The van der Waals surface area contributed by atoms with Crippen LogP contribution >= 0.6 is 0 Å². The van der Waals surface area contributed by atoms with Crippen LogP contribution in [-0.2, 0) is 6.54 Å². The van der Waals surface area contributed by atoms with Crippen molar-refractivity contribution >= 4 is 11.6 Å². The first-order valence-corrected chi connectivity index (χ1v) is 8.06. The molecule has 0 bridgehead atoms. The van der Waals surface area contributed by atoms with Crippen molar-refractivity contribution < 1.29 is 9.72 Å². The summed E-state index contributed by atoms with van der Waals surface area (Å²) in [5, 5.41) is 15.2. The highest BCUT2D eigenvalue weighted by Crippen LogP contribution is 2.17. The first-order valence-electron chi connectivity index (χ1n) is 8.06. The lowest BCUT2D eigenvalue weighted by Crippen LogP contribution is -2.27. The molecule has 0 saturated carbocycles. The zero-order chi connectivity index (χ0) is 18.7. The molecule has 0 unspecified atom stereocenters. The SMILES string of the molecule is Cc1ccccc1CN(C)C(=O)c1ccn(-c2cccc([N+](=O)[O-])c2)n1. The third-order valence-electron chi connectivity index (χ3n) is 4.13. The second kappa shape index (κ2) is 7.18. The molecule has 0 aliphatic rings. The highest BCUT2D eigenvalue weighted by Gasteiger charge is 2.16. The van der Waals surface area contributed by atoms with Crippen LogP contribution in [0.15, 0.2) is 60.8 Å². The number of hydrogen-bond donors (Lipinski definition) is 0. The van der Waals surface area contributed by atoms with Crippen molar-refractivity contribution in [3.05, 3.63) is 87.7 Å². The van der Waals surface area contributed by atoms with Gasteiger partial charge in [-0.15, -0.1) is 0 Å². The summed E-state index contributed by atoms with van der Waals surface area (Å²) in [4.78, 5) is 24.7. The number of rotatable bonds is 5. The monoisotopic (exact) mass is 350 g/mol. The first kappa shape index (κ1) is 17.3. The number of aryl methyl sites for hydroxylation is 1. The fraction of sp³-hybridized carbons (Fsp3) is 0.158. The number of benzene rings is 2. The fourth-order valence-corrected chi connectivity index (χ4v) is 2.64. The van der Waals surface area contributed by atoms with Crippen molar-refractivity contribution in [1.82, 2.24) is 14.7 Å². The maximum atomic E-state index is 12.6. The topological polar surface area (TPSA) is 81.3 Å². The summed E-state index contributed by atoms with van der Waals surface area (Å²) in [6.07, 6.45) is 1.62. The van der Waals surface area contributed by atoms with Gasteiger partial charge in [0.25, 0.3) is 11.6 Å². The van der Waals surface area contributed by atoms with E-state index in [1.165, 1.54) is 16.8 Å². The van der Waals surface area contributed by atoms with Crippen LogP contribution in [-0.4, -0.2) is 32.6 Å². The molecule has 0 aliphatic carbocycles. The summed E-state index contributed by atoms with van der Waals surface area (Å²) in [5.41, 5.74) is 2.98. The van der Waals surface area contributed by atoms with Gasteiger partial charge in [0.1, 0.15) is 0 Å². The molecule has 7 heteroatoms. The van der Waals surface area contributed by atoms with Crippen molar-refractivity contribution in [1.29, 1.82) is 0 Å². The Labute approximate surface area is 150 Å². The number of non-ortho nitro benzene ring substituents is 1. The summed E-state index contributed by atoms with van der Waals surface area (Å²) in [6, 6.07) is 15.6. The van der Waals surface area contributed by atoms with Crippen molar-refractivity contribution in [2.24, 2.45) is 0 Å². The van der Waals surface area contributed by atoms with Crippen LogP contribution in [0.3, 0.4) is 0 Å². The second-order valence-electron chi connectivity index (χ2n) is 6.01. The van der Waals surface area contributed by atoms with Gasteiger partial charge in [0.15, 0.2) is 5.69 Å². The Kier molecular flexibility index (Phi) is 4.79. The van der Waals surface area contributed by atoms with Crippen LogP contribution in [0.4, 0.5) is 5.69 Å². The highest BCUT2D eigenvalue weighted by atomic mass is 16.6. The quantitative estimate of drug-likeness (QED) is 0.522. The first-order chi connectivity index (χ1) is 12.5. The molecule has 2 aromatic carbocycles. The molecule has 0 aliphatic heterocycles. The number of aromatic nitrogens is 2. The largest absolute Gasteiger partial charge is 0.336 e. The zero-order valence-electron chi connectivity index (χ0n) is 14.5. The van der Waals surface area contributed by atoms with Crippen LogP contribution in [0.2, 0.25) is 0 Å². The minimum absolute atomic E-state index is 0.0254. The standard InChI is InChI=1S/C19H18N4O3/c1-14-6-3-4-7-15(14)13-21(2)19(24)18-10-11-22(20-18)16-8-5-9-17(12-16)23(25)26/h3-12H,13H2,1-2H3. The summed E-state index contributed by atoms with van der Waals surface area (Å²) in [7, 11) is 1.72. The molecule has 132 valence electrons. The minimum atomic E-state index is -0.463.